The third kappa shape index (κ3) is 8.92. The van der Waals surface area contributed by atoms with Crippen molar-refractivity contribution in [1.82, 2.24) is 9.97 Å². The lowest BCUT2D eigenvalue weighted by Crippen LogP contribution is -2.15. The molecule has 8 rings (SSSR count). The number of carboxylic acids is 2. The Hall–Kier alpha value is -6.42. The number of fused-ring (bicyclic) bond motifs is 2. The van der Waals surface area contributed by atoms with Gasteiger partial charge in [-0.1, -0.05) is 48.5 Å². The zero-order valence-corrected chi connectivity index (χ0v) is 30.5. The van der Waals surface area contributed by atoms with Crippen LogP contribution in [-0.2, 0) is 12.8 Å². The molecule has 0 unspecified atom stereocenters. The smallest absolute Gasteiger partial charge is 0.336 e. The van der Waals surface area contributed by atoms with E-state index >= 15 is 0 Å². The Balaban J connectivity index is 0.000000172. The molecule has 0 saturated heterocycles. The lowest BCUT2D eigenvalue weighted by atomic mass is 9.86. The van der Waals surface area contributed by atoms with Gasteiger partial charge >= 0.3 is 11.9 Å². The molecule has 56 heavy (non-hydrogen) atoms. The number of aromatic carboxylic acids is 2. The molecule has 10 heteroatoms. The first-order valence-electron chi connectivity index (χ1n) is 18.6. The van der Waals surface area contributed by atoms with Gasteiger partial charge in [0.1, 0.15) is 23.1 Å². The van der Waals surface area contributed by atoms with E-state index in [0.29, 0.717) is 49.0 Å². The zero-order chi connectivity index (χ0) is 39.0. The van der Waals surface area contributed by atoms with Crippen LogP contribution in [0.4, 0.5) is 8.78 Å². The molecule has 0 amide bonds. The van der Waals surface area contributed by atoms with Crippen molar-refractivity contribution in [3.05, 3.63) is 167 Å². The Morgan fingerprint density at radius 3 is 1.36 bits per heavy atom. The van der Waals surface area contributed by atoms with Gasteiger partial charge in [0.25, 0.3) is 0 Å². The van der Waals surface area contributed by atoms with Gasteiger partial charge in [-0.3, -0.25) is 9.97 Å². The third-order valence-corrected chi connectivity index (χ3v) is 10.5. The molecule has 0 bridgehead atoms. The summed E-state index contributed by atoms with van der Waals surface area (Å²) in [5.74, 6) is -0.0584. The maximum atomic E-state index is 13.2. The molecule has 284 valence electrons. The molecular formula is C46H40F2N2O6. The Bertz CT molecular complexity index is 2170. The third-order valence-electron chi connectivity index (χ3n) is 10.5. The van der Waals surface area contributed by atoms with E-state index in [1.165, 1.54) is 36.7 Å². The second kappa shape index (κ2) is 17.4. The fourth-order valence-electron chi connectivity index (χ4n) is 7.50. The first-order chi connectivity index (χ1) is 27.2. The van der Waals surface area contributed by atoms with Crippen LogP contribution in [0.3, 0.4) is 0 Å². The summed E-state index contributed by atoms with van der Waals surface area (Å²) in [6.45, 7) is 1.26. The van der Waals surface area contributed by atoms with E-state index < -0.39 is 11.9 Å². The van der Waals surface area contributed by atoms with Crippen LogP contribution in [0.5, 0.6) is 11.5 Å². The topological polar surface area (TPSA) is 119 Å². The zero-order valence-electron chi connectivity index (χ0n) is 30.5. The summed E-state index contributed by atoms with van der Waals surface area (Å²) in [5.41, 5.74) is 8.27. The van der Waals surface area contributed by atoms with E-state index in [2.05, 4.69) is 22.1 Å². The number of halogens is 2. The number of carboxylic acid groups (broad SMARTS) is 2. The van der Waals surface area contributed by atoms with Crippen LogP contribution in [-0.4, -0.2) is 45.3 Å². The highest BCUT2D eigenvalue weighted by Gasteiger charge is 2.24. The molecule has 0 fully saturated rings. The normalized spacial score (nSPS) is 15.5. The SMILES string of the molecule is O=C(O)c1ccncc1CC[C@@H]1CCOc2cc(-c3ccc(F)cc3)ccc21.O=C(O)c1ccncc1CC[C@H]1CCOc2cc(-c3ccc(F)cc3)ccc21. The van der Waals surface area contributed by atoms with Crippen LogP contribution in [0.1, 0.15) is 80.5 Å². The van der Waals surface area contributed by atoms with E-state index in [4.69, 9.17) is 9.47 Å². The molecule has 0 radical (unpaired) electrons. The summed E-state index contributed by atoms with van der Waals surface area (Å²) < 4.78 is 38.1. The van der Waals surface area contributed by atoms with Crippen LogP contribution in [0, 0.1) is 11.6 Å². The first kappa shape index (κ1) is 37.9. The molecular weight excluding hydrogens is 715 g/mol. The maximum Gasteiger partial charge on any atom is 0.336 e. The average molecular weight is 755 g/mol. The maximum absolute atomic E-state index is 13.2. The van der Waals surface area contributed by atoms with Crippen molar-refractivity contribution in [3.8, 4) is 33.8 Å². The average Bonchev–Trinajstić information content (AvgIpc) is 3.22. The number of pyridine rings is 2. The van der Waals surface area contributed by atoms with Crippen molar-refractivity contribution < 1.29 is 38.1 Å². The van der Waals surface area contributed by atoms with Crippen molar-refractivity contribution in [3.63, 3.8) is 0 Å². The van der Waals surface area contributed by atoms with Crippen LogP contribution in [0.25, 0.3) is 22.3 Å². The quantitative estimate of drug-likeness (QED) is 0.142. The molecule has 0 spiro atoms. The minimum absolute atomic E-state index is 0.255. The summed E-state index contributed by atoms with van der Waals surface area (Å²) >= 11 is 0. The molecule has 2 aliphatic rings. The number of aryl methyl sites for hydroxylation is 2. The molecule has 2 aromatic heterocycles. The number of benzene rings is 4. The van der Waals surface area contributed by atoms with E-state index in [1.54, 1.807) is 48.8 Å². The molecule has 4 aromatic carbocycles. The Labute approximate surface area is 323 Å². The molecule has 6 aromatic rings. The highest BCUT2D eigenvalue weighted by atomic mass is 19.1. The molecule has 2 aliphatic heterocycles. The minimum Gasteiger partial charge on any atom is -0.493 e. The minimum atomic E-state index is -0.922. The van der Waals surface area contributed by atoms with Gasteiger partial charge in [-0.2, -0.15) is 0 Å². The van der Waals surface area contributed by atoms with Crippen molar-refractivity contribution in [2.24, 2.45) is 0 Å². The number of rotatable bonds is 10. The lowest BCUT2D eigenvalue weighted by Gasteiger charge is -2.26. The fourth-order valence-corrected chi connectivity index (χ4v) is 7.50. The van der Waals surface area contributed by atoms with E-state index in [9.17, 15) is 28.6 Å². The second-order valence-electron chi connectivity index (χ2n) is 13.9. The van der Waals surface area contributed by atoms with Crippen molar-refractivity contribution in [2.45, 2.75) is 50.4 Å². The highest BCUT2D eigenvalue weighted by molar-refractivity contribution is 5.89. The molecule has 0 aliphatic carbocycles. The number of ether oxygens (including phenoxy) is 2. The van der Waals surface area contributed by atoms with Crippen molar-refractivity contribution in [2.75, 3.05) is 13.2 Å². The predicted molar refractivity (Wildman–Crippen MR) is 208 cm³/mol. The van der Waals surface area contributed by atoms with Gasteiger partial charge in [0.05, 0.1) is 24.3 Å². The summed E-state index contributed by atoms with van der Waals surface area (Å²) in [5, 5.41) is 18.7. The standard InChI is InChI=1S/2C23H20FNO3/c2*24-19-6-3-15(4-7-19)17-5-8-20-16(10-12-28-22(20)13-17)1-2-18-14-25-11-9-21(18)23(26)27/h2*3-9,11,13-14,16H,1-2,10,12H2,(H,26,27)/t2*16-/m10/s1. The van der Waals surface area contributed by atoms with Crippen LogP contribution in [0.15, 0.2) is 122 Å². The van der Waals surface area contributed by atoms with E-state index in [-0.39, 0.29) is 11.6 Å². The number of hydrogen-bond donors (Lipinski definition) is 2. The number of carbonyl (C=O) groups is 2. The van der Waals surface area contributed by atoms with Gasteiger partial charge in [-0.25, -0.2) is 18.4 Å². The summed E-state index contributed by atoms with van der Waals surface area (Å²) in [6.07, 6.45) is 11.1. The molecule has 2 atom stereocenters. The fraction of sp³-hybridized carbons (Fsp3) is 0.217. The van der Waals surface area contributed by atoms with Crippen LogP contribution >= 0.6 is 0 Å². The van der Waals surface area contributed by atoms with Crippen LogP contribution in [0.2, 0.25) is 0 Å². The number of aromatic nitrogens is 2. The van der Waals surface area contributed by atoms with Gasteiger partial charge in [-0.05, 0) is 143 Å². The lowest BCUT2D eigenvalue weighted by molar-refractivity contribution is 0.0684. The van der Waals surface area contributed by atoms with Crippen molar-refractivity contribution in [1.29, 1.82) is 0 Å². The van der Waals surface area contributed by atoms with Crippen LogP contribution < -0.4 is 9.47 Å². The molecule has 2 N–H and O–H groups in total. The van der Waals surface area contributed by atoms with E-state index in [1.807, 2.05) is 24.3 Å². The van der Waals surface area contributed by atoms with Crippen molar-refractivity contribution >= 4 is 11.9 Å². The predicted octanol–water partition coefficient (Wildman–Crippen LogP) is 10.2. The first-order valence-corrected chi connectivity index (χ1v) is 18.6. The second-order valence-corrected chi connectivity index (χ2v) is 13.9. The molecule has 4 heterocycles. The monoisotopic (exact) mass is 754 g/mol. The Morgan fingerprint density at radius 1 is 0.571 bits per heavy atom. The molecule has 8 nitrogen and oxygen atoms in total. The van der Waals surface area contributed by atoms with Gasteiger partial charge in [0, 0.05) is 24.8 Å². The molecule has 0 saturated carbocycles. The van der Waals surface area contributed by atoms with Gasteiger partial charge in [-0.15, -0.1) is 0 Å². The van der Waals surface area contributed by atoms with Gasteiger partial charge in [0.2, 0.25) is 0 Å². The summed E-state index contributed by atoms with van der Waals surface area (Å²) in [4.78, 5) is 30.9. The number of hydrogen-bond acceptors (Lipinski definition) is 6. The Kier molecular flexibility index (Phi) is 11.7. The van der Waals surface area contributed by atoms with Gasteiger partial charge < -0.3 is 19.7 Å². The Morgan fingerprint density at radius 2 is 0.964 bits per heavy atom. The summed E-state index contributed by atoms with van der Waals surface area (Å²) in [6, 6.07) is 28.1. The van der Waals surface area contributed by atoms with Gasteiger partial charge in [0.15, 0.2) is 0 Å². The largest absolute Gasteiger partial charge is 0.493 e. The van der Waals surface area contributed by atoms with E-state index in [0.717, 1.165) is 81.7 Å². The summed E-state index contributed by atoms with van der Waals surface area (Å²) in [7, 11) is 0. The highest BCUT2D eigenvalue weighted by Crippen LogP contribution is 2.40. The number of nitrogens with zero attached hydrogens (tertiary/aromatic N) is 2.